The molecule has 1 atom stereocenters. The smallest absolute Gasteiger partial charge is 0.358 e. The number of aromatic nitrogens is 2. The monoisotopic (exact) mass is 480 g/mol. The predicted octanol–water partition coefficient (Wildman–Crippen LogP) is 3.76. The zero-order chi connectivity index (χ0) is 24.5. The normalized spacial score (nSPS) is 17.3. The van der Waals surface area contributed by atoms with Crippen LogP contribution in [0.1, 0.15) is 46.0 Å². The van der Waals surface area contributed by atoms with Crippen LogP contribution in [0.25, 0.3) is 0 Å². The predicted molar refractivity (Wildman–Crippen MR) is 128 cm³/mol. The molecule has 0 fully saturated rings. The summed E-state index contributed by atoms with van der Waals surface area (Å²) >= 11 is 6.36. The number of anilines is 1. The molecule has 1 aromatic heterocycles. The second-order valence-electron chi connectivity index (χ2n) is 8.31. The molecule has 0 radical (unpaired) electrons. The third-order valence-corrected chi connectivity index (χ3v) is 6.24. The minimum absolute atomic E-state index is 0.0148. The molecule has 8 nitrogen and oxygen atoms in total. The van der Waals surface area contributed by atoms with E-state index in [0.29, 0.717) is 17.3 Å². The highest BCUT2D eigenvalue weighted by Gasteiger charge is 2.49. The van der Waals surface area contributed by atoms with E-state index in [2.05, 4.69) is 10.4 Å². The third-order valence-electron chi connectivity index (χ3n) is 5.84. The second kappa shape index (κ2) is 9.30. The summed E-state index contributed by atoms with van der Waals surface area (Å²) in [5, 5.41) is 7.68. The standard InChI is InChI=1S/C25H25ClN4O4/c1-4-34-23(32)20-13-21-22(31)30(18-11-10-16(2)19(26)12-18)25(3,15-29(21)28-20)24(33)27-14-17-8-6-5-7-9-17/h5-13H,4,14-15H2,1-3H3,(H,27,33). The molecule has 34 heavy (non-hydrogen) atoms. The molecule has 0 saturated carbocycles. The van der Waals surface area contributed by atoms with Gasteiger partial charge in [-0.05, 0) is 44.0 Å². The fraction of sp³-hybridized carbons (Fsp3) is 0.280. The molecule has 0 bridgehead atoms. The van der Waals surface area contributed by atoms with Crippen molar-refractivity contribution in [3.05, 3.63) is 82.1 Å². The van der Waals surface area contributed by atoms with Gasteiger partial charge >= 0.3 is 5.97 Å². The first-order chi connectivity index (χ1) is 16.2. The van der Waals surface area contributed by atoms with Gasteiger partial charge in [-0.3, -0.25) is 19.2 Å². The number of hydrogen-bond donors (Lipinski definition) is 1. The van der Waals surface area contributed by atoms with Crippen LogP contribution < -0.4 is 10.2 Å². The van der Waals surface area contributed by atoms with Crippen molar-refractivity contribution in [2.24, 2.45) is 0 Å². The van der Waals surface area contributed by atoms with Crippen molar-refractivity contribution < 1.29 is 19.1 Å². The van der Waals surface area contributed by atoms with Crippen molar-refractivity contribution in [3.8, 4) is 0 Å². The third kappa shape index (κ3) is 4.28. The highest BCUT2D eigenvalue weighted by Crippen LogP contribution is 2.35. The summed E-state index contributed by atoms with van der Waals surface area (Å²) in [5.41, 5.74) is 1.11. The number of esters is 1. The number of nitrogens with zero attached hydrogens (tertiary/aromatic N) is 3. The average molecular weight is 481 g/mol. The molecule has 9 heteroatoms. The molecular formula is C25H25ClN4O4. The molecule has 0 spiro atoms. The Morgan fingerprint density at radius 2 is 1.91 bits per heavy atom. The van der Waals surface area contributed by atoms with Gasteiger partial charge in [0, 0.05) is 23.3 Å². The molecule has 1 N–H and O–H groups in total. The summed E-state index contributed by atoms with van der Waals surface area (Å²) in [7, 11) is 0. The first-order valence-corrected chi connectivity index (χ1v) is 11.3. The Kier molecular flexibility index (Phi) is 6.43. The largest absolute Gasteiger partial charge is 0.461 e. The van der Waals surface area contributed by atoms with E-state index in [0.717, 1.165) is 11.1 Å². The van der Waals surface area contributed by atoms with Gasteiger partial charge in [-0.25, -0.2) is 4.79 Å². The van der Waals surface area contributed by atoms with E-state index in [-0.39, 0.29) is 30.4 Å². The van der Waals surface area contributed by atoms with Crippen LogP contribution in [-0.2, 0) is 22.6 Å². The number of fused-ring (bicyclic) bond motifs is 1. The molecule has 0 saturated heterocycles. The van der Waals surface area contributed by atoms with E-state index >= 15 is 0 Å². The van der Waals surface area contributed by atoms with E-state index in [1.165, 1.54) is 15.6 Å². The van der Waals surface area contributed by atoms with Crippen molar-refractivity contribution in [3.63, 3.8) is 0 Å². The maximum absolute atomic E-state index is 13.7. The first-order valence-electron chi connectivity index (χ1n) is 10.9. The average Bonchev–Trinajstić information content (AvgIpc) is 3.25. The van der Waals surface area contributed by atoms with E-state index in [9.17, 15) is 14.4 Å². The molecule has 2 heterocycles. The number of ether oxygens (including phenoxy) is 1. The van der Waals surface area contributed by atoms with Crippen molar-refractivity contribution in [2.45, 2.75) is 39.4 Å². The summed E-state index contributed by atoms with van der Waals surface area (Å²) in [6, 6.07) is 16.1. The van der Waals surface area contributed by atoms with Crippen LogP contribution in [0.3, 0.4) is 0 Å². The fourth-order valence-electron chi connectivity index (χ4n) is 3.98. The molecule has 1 unspecified atom stereocenters. The van der Waals surface area contributed by atoms with Crippen molar-refractivity contribution >= 4 is 35.1 Å². The number of rotatable bonds is 6. The van der Waals surface area contributed by atoms with Crippen LogP contribution in [0.5, 0.6) is 0 Å². The highest BCUT2D eigenvalue weighted by atomic mass is 35.5. The molecule has 2 amide bonds. The number of halogens is 1. The minimum Gasteiger partial charge on any atom is -0.461 e. The van der Waals surface area contributed by atoms with E-state index in [4.69, 9.17) is 16.3 Å². The number of amides is 2. The van der Waals surface area contributed by atoms with Gasteiger partial charge in [0.05, 0.1) is 13.2 Å². The maximum atomic E-state index is 13.7. The van der Waals surface area contributed by atoms with Crippen LogP contribution in [0.4, 0.5) is 5.69 Å². The van der Waals surface area contributed by atoms with Gasteiger partial charge in [0.15, 0.2) is 5.69 Å². The number of aryl methyl sites for hydroxylation is 1. The summed E-state index contributed by atoms with van der Waals surface area (Å²) in [4.78, 5) is 40.9. The highest BCUT2D eigenvalue weighted by molar-refractivity contribution is 6.31. The lowest BCUT2D eigenvalue weighted by atomic mass is 9.93. The number of benzene rings is 2. The maximum Gasteiger partial charge on any atom is 0.358 e. The van der Waals surface area contributed by atoms with E-state index < -0.39 is 17.4 Å². The zero-order valence-electron chi connectivity index (χ0n) is 19.2. The molecule has 3 aromatic rings. The molecular weight excluding hydrogens is 456 g/mol. The quantitative estimate of drug-likeness (QED) is 0.542. The molecule has 4 rings (SSSR count). The molecule has 1 aliphatic rings. The molecule has 176 valence electrons. The van der Waals surface area contributed by atoms with Gasteiger partial charge < -0.3 is 10.1 Å². The van der Waals surface area contributed by atoms with Crippen molar-refractivity contribution in [1.29, 1.82) is 0 Å². The Balaban J connectivity index is 1.75. The molecule has 2 aromatic carbocycles. The summed E-state index contributed by atoms with van der Waals surface area (Å²) in [6.45, 7) is 5.74. The van der Waals surface area contributed by atoms with Gasteiger partial charge in [-0.2, -0.15) is 5.10 Å². The van der Waals surface area contributed by atoms with Crippen molar-refractivity contribution in [2.75, 3.05) is 11.5 Å². The zero-order valence-corrected chi connectivity index (χ0v) is 19.9. The van der Waals surface area contributed by atoms with Gasteiger partial charge in [0.2, 0.25) is 5.91 Å². The van der Waals surface area contributed by atoms with Crippen LogP contribution in [-0.4, -0.2) is 39.7 Å². The Morgan fingerprint density at radius 1 is 1.18 bits per heavy atom. The van der Waals surface area contributed by atoms with Crippen LogP contribution >= 0.6 is 11.6 Å². The number of carbonyl (C=O) groups excluding carboxylic acids is 3. The Hall–Kier alpha value is -3.65. The van der Waals surface area contributed by atoms with Gasteiger partial charge in [0.1, 0.15) is 11.2 Å². The van der Waals surface area contributed by atoms with Crippen molar-refractivity contribution in [1.82, 2.24) is 15.1 Å². The van der Waals surface area contributed by atoms with Gasteiger partial charge in [-0.1, -0.05) is 48.0 Å². The Labute approximate surface area is 202 Å². The summed E-state index contributed by atoms with van der Waals surface area (Å²) in [5.74, 6) is -1.45. The lowest BCUT2D eigenvalue weighted by Gasteiger charge is -2.43. The SMILES string of the molecule is CCOC(=O)c1cc2n(n1)CC(C)(C(=O)NCc1ccccc1)N(c1ccc(C)c(Cl)c1)C2=O. The Bertz CT molecular complexity index is 1260. The van der Waals surface area contributed by atoms with E-state index in [1.54, 1.807) is 32.0 Å². The second-order valence-corrected chi connectivity index (χ2v) is 8.72. The first kappa shape index (κ1) is 23.5. The fourth-order valence-corrected chi connectivity index (χ4v) is 4.16. The number of nitrogens with one attached hydrogen (secondary N) is 1. The molecule has 1 aliphatic heterocycles. The lowest BCUT2D eigenvalue weighted by molar-refractivity contribution is -0.126. The lowest BCUT2D eigenvalue weighted by Crippen LogP contribution is -2.64. The van der Waals surface area contributed by atoms with Gasteiger partial charge in [0.25, 0.3) is 5.91 Å². The van der Waals surface area contributed by atoms with E-state index in [1.807, 2.05) is 37.3 Å². The topological polar surface area (TPSA) is 93.5 Å². The van der Waals surface area contributed by atoms with Gasteiger partial charge in [-0.15, -0.1) is 0 Å². The van der Waals surface area contributed by atoms with Crippen LogP contribution in [0, 0.1) is 6.92 Å². The summed E-state index contributed by atoms with van der Waals surface area (Å²) < 4.78 is 6.42. The summed E-state index contributed by atoms with van der Waals surface area (Å²) in [6.07, 6.45) is 0. The molecule has 0 aliphatic carbocycles. The number of hydrogen-bond acceptors (Lipinski definition) is 5. The number of carbonyl (C=O) groups is 3. The van der Waals surface area contributed by atoms with Crippen LogP contribution in [0.15, 0.2) is 54.6 Å². The minimum atomic E-state index is -1.34. The van der Waals surface area contributed by atoms with Crippen LogP contribution in [0.2, 0.25) is 5.02 Å². The Morgan fingerprint density at radius 3 is 2.59 bits per heavy atom.